The van der Waals surface area contributed by atoms with Gasteiger partial charge < -0.3 is 19.5 Å². The molecule has 1 unspecified atom stereocenters. The quantitative estimate of drug-likeness (QED) is 0.404. The van der Waals surface area contributed by atoms with Crippen molar-refractivity contribution in [2.24, 2.45) is 0 Å². The molecule has 0 saturated heterocycles. The van der Waals surface area contributed by atoms with Gasteiger partial charge in [0.15, 0.2) is 5.78 Å². The fourth-order valence-corrected chi connectivity index (χ4v) is 3.41. The molecule has 0 aromatic carbocycles. The molecular weight excluding hydrogens is 370 g/mol. The predicted molar refractivity (Wildman–Crippen MR) is 115 cm³/mol. The van der Waals surface area contributed by atoms with Crippen LogP contribution in [0.5, 0.6) is 0 Å². The van der Waals surface area contributed by atoms with E-state index in [9.17, 15) is 14.4 Å². The molecule has 0 aliphatic heterocycles. The third-order valence-electron chi connectivity index (χ3n) is 4.71. The van der Waals surface area contributed by atoms with E-state index < -0.39 is 17.6 Å². The van der Waals surface area contributed by atoms with Crippen molar-refractivity contribution < 1.29 is 19.1 Å². The maximum Gasteiger partial charge on any atom is 0.355 e. The maximum absolute atomic E-state index is 13.4. The van der Waals surface area contributed by atoms with Gasteiger partial charge in [-0.05, 0) is 61.0 Å². The largest absolute Gasteiger partial charge is 0.461 e. The highest BCUT2D eigenvalue weighted by Crippen LogP contribution is 2.26. The number of nitrogens with one attached hydrogen (secondary N) is 1. The Morgan fingerprint density at radius 2 is 1.83 bits per heavy atom. The highest BCUT2D eigenvalue weighted by atomic mass is 16.5. The third kappa shape index (κ3) is 5.49. The Bertz CT molecular complexity index is 787. The van der Waals surface area contributed by atoms with E-state index in [-0.39, 0.29) is 25.0 Å². The SMILES string of the molecule is C=CCN(C(=O)NC(C)(C)C)C(C)C(=O)c1c(C)c(C(=O)OCC)n(CC)c1C. The number of ether oxygens (including phenoxy) is 1. The van der Waals surface area contributed by atoms with E-state index in [2.05, 4.69) is 11.9 Å². The van der Waals surface area contributed by atoms with Crippen LogP contribution in [0, 0.1) is 13.8 Å². The molecule has 0 aliphatic rings. The molecule has 0 aliphatic carbocycles. The Morgan fingerprint density at radius 3 is 2.28 bits per heavy atom. The lowest BCUT2D eigenvalue weighted by Crippen LogP contribution is -2.53. The topological polar surface area (TPSA) is 80.6 Å². The lowest BCUT2D eigenvalue weighted by molar-refractivity contribution is 0.0512. The van der Waals surface area contributed by atoms with Crippen LogP contribution in [-0.4, -0.2) is 52.0 Å². The summed E-state index contributed by atoms with van der Waals surface area (Å²) in [4.78, 5) is 40.1. The van der Waals surface area contributed by atoms with Gasteiger partial charge in [-0.25, -0.2) is 9.59 Å². The molecule has 0 bridgehead atoms. The number of carbonyl (C=O) groups is 3. The smallest absolute Gasteiger partial charge is 0.355 e. The second-order valence-corrected chi connectivity index (χ2v) is 8.06. The number of amides is 2. The van der Waals surface area contributed by atoms with E-state index >= 15 is 0 Å². The first-order valence-corrected chi connectivity index (χ1v) is 10.0. The van der Waals surface area contributed by atoms with Crippen molar-refractivity contribution in [3.05, 3.63) is 35.2 Å². The molecular formula is C22H35N3O4. The first-order chi connectivity index (χ1) is 13.4. The highest BCUT2D eigenvalue weighted by molar-refractivity contribution is 6.06. The zero-order valence-electron chi connectivity index (χ0n) is 19.0. The molecule has 0 radical (unpaired) electrons. The molecule has 162 valence electrons. The number of Topliss-reactive ketones (excluding diaryl/α,β-unsaturated/α-hetero) is 1. The van der Waals surface area contributed by atoms with Gasteiger partial charge in [-0.2, -0.15) is 0 Å². The average Bonchev–Trinajstić information content (AvgIpc) is 2.86. The second-order valence-electron chi connectivity index (χ2n) is 8.06. The Kier molecular flexibility index (Phi) is 8.24. The number of nitrogens with zero attached hydrogens (tertiary/aromatic N) is 2. The molecule has 1 aromatic heterocycles. The van der Waals surface area contributed by atoms with Crippen LogP contribution in [0.15, 0.2) is 12.7 Å². The van der Waals surface area contributed by atoms with Crippen molar-refractivity contribution in [1.29, 1.82) is 0 Å². The number of hydrogen-bond acceptors (Lipinski definition) is 4. The lowest BCUT2D eigenvalue weighted by atomic mass is 10.00. The van der Waals surface area contributed by atoms with Crippen LogP contribution >= 0.6 is 0 Å². The number of ketones is 1. The van der Waals surface area contributed by atoms with E-state index in [1.165, 1.54) is 4.90 Å². The van der Waals surface area contributed by atoms with Crippen molar-refractivity contribution in [3.63, 3.8) is 0 Å². The number of esters is 1. The van der Waals surface area contributed by atoms with Crippen LogP contribution in [0.1, 0.15) is 73.6 Å². The third-order valence-corrected chi connectivity index (χ3v) is 4.71. The molecule has 29 heavy (non-hydrogen) atoms. The van der Waals surface area contributed by atoms with Gasteiger partial charge in [0.2, 0.25) is 0 Å². The first kappa shape index (κ1) is 24.5. The summed E-state index contributed by atoms with van der Waals surface area (Å²) < 4.78 is 6.97. The highest BCUT2D eigenvalue weighted by Gasteiger charge is 2.33. The van der Waals surface area contributed by atoms with Crippen molar-refractivity contribution >= 4 is 17.8 Å². The summed E-state index contributed by atoms with van der Waals surface area (Å²) >= 11 is 0. The van der Waals surface area contributed by atoms with E-state index in [1.54, 1.807) is 31.4 Å². The van der Waals surface area contributed by atoms with E-state index in [0.29, 0.717) is 29.1 Å². The number of rotatable bonds is 8. The van der Waals surface area contributed by atoms with Crippen LogP contribution < -0.4 is 5.32 Å². The van der Waals surface area contributed by atoms with Gasteiger partial charge in [0.05, 0.1) is 12.6 Å². The number of carbonyl (C=O) groups excluding carboxylic acids is 3. The van der Waals surface area contributed by atoms with Crippen molar-refractivity contribution in [2.45, 2.75) is 73.5 Å². The fraction of sp³-hybridized carbons (Fsp3) is 0.591. The van der Waals surface area contributed by atoms with Crippen molar-refractivity contribution in [3.8, 4) is 0 Å². The summed E-state index contributed by atoms with van der Waals surface area (Å²) in [5.74, 6) is -0.668. The summed E-state index contributed by atoms with van der Waals surface area (Å²) in [5, 5.41) is 2.89. The van der Waals surface area contributed by atoms with Crippen LogP contribution in [0.4, 0.5) is 4.79 Å². The average molecular weight is 406 g/mol. The van der Waals surface area contributed by atoms with Gasteiger partial charge >= 0.3 is 12.0 Å². The van der Waals surface area contributed by atoms with Gasteiger partial charge in [-0.1, -0.05) is 6.08 Å². The molecule has 1 N–H and O–H groups in total. The molecule has 0 saturated carbocycles. The molecule has 1 aromatic rings. The molecule has 7 nitrogen and oxygen atoms in total. The lowest BCUT2D eigenvalue weighted by Gasteiger charge is -2.31. The molecule has 1 rings (SSSR count). The Labute approximate surface area is 174 Å². The van der Waals surface area contributed by atoms with Gasteiger partial charge in [-0.3, -0.25) is 4.79 Å². The monoisotopic (exact) mass is 405 g/mol. The molecule has 0 fully saturated rings. The molecule has 7 heteroatoms. The summed E-state index contributed by atoms with van der Waals surface area (Å²) in [5.41, 5.74) is 1.68. The van der Waals surface area contributed by atoms with Crippen molar-refractivity contribution in [2.75, 3.05) is 13.2 Å². The summed E-state index contributed by atoms with van der Waals surface area (Å²) in [6.07, 6.45) is 1.59. The minimum absolute atomic E-state index is 0.219. The number of hydrogen-bond donors (Lipinski definition) is 1. The van der Waals surface area contributed by atoms with E-state index in [0.717, 1.165) is 0 Å². The summed E-state index contributed by atoms with van der Waals surface area (Å²) in [6.45, 7) is 19.3. The standard InChI is InChI=1S/C22H35N3O4/c1-10-13-25(21(28)23-22(7,8)9)16(6)19(26)17-14(4)18(20(27)29-12-3)24(11-2)15(17)5/h10,16H,1,11-13H2,2-9H3,(H,23,28). The minimum Gasteiger partial charge on any atom is -0.461 e. The van der Waals surface area contributed by atoms with Gasteiger partial charge in [0.25, 0.3) is 0 Å². The van der Waals surface area contributed by atoms with Crippen LogP contribution in [0.25, 0.3) is 0 Å². The molecule has 1 heterocycles. The minimum atomic E-state index is -0.726. The normalized spacial score (nSPS) is 12.3. The van der Waals surface area contributed by atoms with Crippen LogP contribution in [0.3, 0.4) is 0 Å². The van der Waals surface area contributed by atoms with Gasteiger partial charge in [0, 0.05) is 29.9 Å². The van der Waals surface area contributed by atoms with Gasteiger partial charge in [-0.15, -0.1) is 6.58 Å². The fourth-order valence-electron chi connectivity index (χ4n) is 3.41. The summed E-state index contributed by atoms with van der Waals surface area (Å²) in [6, 6.07) is -1.07. The second kappa shape index (κ2) is 9.76. The number of urea groups is 1. The number of aromatic nitrogens is 1. The summed E-state index contributed by atoms with van der Waals surface area (Å²) in [7, 11) is 0. The Balaban J connectivity index is 3.39. The first-order valence-electron chi connectivity index (χ1n) is 10.0. The molecule has 1 atom stereocenters. The van der Waals surface area contributed by atoms with E-state index in [1.807, 2.05) is 34.6 Å². The zero-order valence-corrected chi connectivity index (χ0v) is 19.0. The molecule has 2 amide bonds. The van der Waals surface area contributed by atoms with E-state index in [4.69, 9.17) is 4.74 Å². The van der Waals surface area contributed by atoms with Crippen molar-refractivity contribution in [1.82, 2.24) is 14.8 Å². The van der Waals surface area contributed by atoms with Crippen LogP contribution in [0.2, 0.25) is 0 Å². The maximum atomic E-state index is 13.4. The Hall–Kier alpha value is -2.57. The van der Waals surface area contributed by atoms with Gasteiger partial charge in [0.1, 0.15) is 5.69 Å². The zero-order chi connectivity index (χ0) is 22.5. The molecule has 0 spiro atoms. The predicted octanol–water partition coefficient (Wildman–Crippen LogP) is 3.87. The Morgan fingerprint density at radius 1 is 1.24 bits per heavy atom. The van der Waals surface area contributed by atoms with Crippen LogP contribution in [-0.2, 0) is 11.3 Å².